The van der Waals surface area contributed by atoms with E-state index in [1.807, 2.05) is 0 Å². The summed E-state index contributed by atoms with van der Waals surface area (Å²) in [4.78, 5) is 30.7. The van der Waals surface area contributed by atoms with E-state index in [9.17, 15) is 9.59 Å². The van der Waals surface area contributed by atoms with Crippen LogP contribution in [0.1, 0.15) is 27.8 Å². The molecule has 92 valence electrons. The lowest BCUT2D eigenvalue weighted by molar-refractivity contribution is 0.100. The van der Waals surface area contributed by atoms with Gasteiger partial charge in [0.2, 0.25) is 0 Å². The van der Waals surface area contributed by atoms with Crippen molar-refractivity contribution in [2.75, 3.05) is 5.32 Å². The van der Waals surface area contributed by atoms with E-state index in [-0.39, 0.29) is 16.7 Å². The molecule has 0 radical (unpaired) electrons. The van der Waals surface area contributed by atoms with Crippen LogP contribution in [-0.2, 0) is 0 Å². The lowest BCUT2D eigenvalue weighted by Crippen LogP contribution is -2.12. The quantitative estimate of drug-likeness (QED) is 0.878. The zero-order valence-corrected chi connectivity index (χ0v) is 10.9. The molecule has 0 aromatic carbocycles. The summed E-state index contributed by atoms with van der Waals surface area (Å²) in [6.45, 7) is 1.42. The molecule has 0 aliphatic rings. The Morgan fingerprint density at radius 1 is 1.44 bits per heavy atom. The molecule has 7 heteroatoms. The van der Waals surface area contributed by atoms with Crippen molar-refractivity contribution >= 4 is 39.8 Å². The molecule has 1 N–H and O–H groups in total. The highest BCUT2D eigenvalue weighted by molar-refractivity contribution is 7.14. The van der Waals surface area contributed by atoms with Gasteiger partial charge in [0.15, 0.2) is 10.9 Å². The lowest BCUT2D eigenvalue weighted by atomic mass is 10.2. The van der Waals surface area contributed by atoms with Gasteiger partial charge < -0.3 is 0 Å². The number of amides is 1. The average molecular weight is 282 g/mol. The maximum absolute atomic E-state index is 11.9. The van der Waals surface area contributed by atoms with Crippen LogP contribution in [-0.4, -0.2) is 21.7 Å². The maximum atomic E-state index is 11.9. The number of nitrogens with one attached hydrogen (secondary N) is 1. The molecule has 0 aliphatic carbocycles. The summed E-state index contributed by atoms with van der Waals surface area (Å²) in [6.07, 6.45) is 2.86. The number of anilines is 1. The van der Waals surface area contributed by atoms with E-state index >= 15 is 0 Å². The summed E-state index contributed by atoms with van der Waals surface area (Å²) in [5, 5.41) is 4.79. The molecule has 0 atom stereocenters. The van der Waals surface area contributed by atoms with Gasteiger partial charge >= 0.3 is 0 Å². The van der Waals surface area contributed by atoms with Gasteiger partial charge in [-0.3, -0.25) is 19.9 Å². The topological polar surface area (TPSA) is 72.0 Å². The van der Waals surface area contributed by atoms with Crippen LogP contribution in [0, 0.1) is 0 Å². The number of aromatic nitrogens is 2. The number of hydrogen-bond acceptors (Lipinski definition) is 5. The summed E-state index contributed by atoms with van der Waals surface area (Å²) in [5.74, 6) is -0.527. The fourth-order valence-corrected chi connectivity index (χ4v) is 2.17. The monoisotopic (exact) mass is 281 g/mol. The second kappa shape index (κ2) is 5.24. The van der Waals surface area contributed by atoms with Crippen LogP contribution in [0.3, 0.4) is 0 Å². The summed E-state index contributed by atoms with van der Waals surface area (Å²) in [6, 6.07) is 1.51. The first-order valence-electron chi connectivity index (χ1n) is 4.95. The first-order chi connectivity index (χ1) is 8.58. The predicted octanol–water partition coefficient (Wildman–Crippen LogP) is 2.65. The van der Waals surface area contributed by atoms with Crippen LogP contribution in [0.4, 0.5) is 5.13 Å². The first kappa shape index (κ1) is 12.7. The number of rotatable bonds is 3. The van der Waals surface area contributed by atoms with Gasteiger partial charge in [0, 0.05) is 24.7 Å². The van der Waals surface area contributed by atoms with Gasteiger partial charge in [-0.1, -0.05) is 11.6 Å². The summed E-state index contributed by atoms with van der Waals surface area (Å²) < 4.78 is 0. The number of thiazole rings is 1. The van der Waals surface area contributed by atoms with Crippen molar-refractivity contribution in [3.63, 3.8) is 0 Å². The normalized spacial score (nSPS) is 10.1. The number of Topliss-reactive ketones (excluding diaryl/α,β-unsaturated/α-hetero) is 1. The van der Waals surface area contributed by atoms with E-state index in [0.717, 1.165) is 0 Å². The van der Waals surface area contributed by atoms with E-state index in [2.05, 4.69) is 15.3 Å². The second-order valence-electron chi connectivity index (χ2n) is 3.40. The zero-order valence-electron chi connectivity index (χ0n) is 9.31. The first-order valence-corrected chi connectivity index (χ1v) is 6.21. The van der Waals surface area contributed by atoms with E-state index in [4.69, 9.17) is 11.6 Å². The Hall–Kier alpha value is -1.79. The third kappa shape index (κ3) is 2.72. The molecule has 5 nitrogen and oxygen atoms in total. The second-order valence-corrected chi connectivity index (χ2v) is 4.67. The molecule has 0 fully saturated rings. The van der Waals surface area contributed by atoms with Crippen LogP contribution in [0.25, 0.3) is 0 Å². The zero-order chi connectivity index (χ0) is 13.1. The predicted molar refractivity (Wildman–Crippen MR) is 69.3 cm³/mol. The molecular formula is C11H8ClN3O2S. The molecular weight excluding hydrogens is 274 g/mol. The Balaban J connectivity index is 2.16. The van der Waals surface area contributed by atoms with Gasteiger partial charge in [0.25, 0.3) is 5.91 Å². The molecule has 0 aliphatic heterocycles. The number of ketones is 1. The van der Waals surface area contributed by atoms with Gasteiger partial charge in [-0.15, -0.1) is 11.3 Å². The molecule has 1 amide bonds. The lowest BCUT2D eigenvalue weighted by Gasteiger charge is -2.02. The number of halogens is 1. The molecule has 0 saturated carbocycles. The van der Waals surface area contributed by atoms with Crippen molar-refractivity contribution in [1.82, 2.24) is 9.97 Å². The molecule has 18 heavy (non-hydrogen) atoms. The maximum Gasteiger partial charge on any atom is 0.259 e. The summed E-state index contributed by atoms with van der Waals surface area (Å²) in [5.41, 5.74) is 0.641. The molecule has 2 rings (SSSR count). The molecule has 0 bridgehead atoms. The van der Waals surface area contributed by atoms with E-state index in [0.29, 0.717) is 16.4 Å². The van der Waals surface area contributed by atoms with Crippen molar-refractivity contribution < 1.29 is 9.59 Å². The van der Waals surface area contributed by atoms with Crippen LogP contribution >= 0.6 is 22.9 Å². The van der Waals surface area contributed by atoms with Crippen molar-refractivity contribution in [3.8, 4) is 0 Å². The highest BCUT2D eigenvalue weighted by Crippen LogP contribution is 2.19. The van der Waals surface area contributed by atoms with Crippen LogP contribution in [0.15, 0.2) is 23.8 Å². The highest BCUT2D eigenvalue weighted by atomic mass is 35.5. The molecule has 0 unspecified atom stereocenters. The minimum atomic E-state index is -0.383. The Labute approximate surface area is 112 Å². The third-order valence-corrected chi connectivity index (χ3v) is 3.16. The standard InChI is InChI=1S/C11H8ClN3O2S/c1-6(16)9-5-18-11(14-9)15-10(17)7-2-3-13-4-8(7)12/h2-5H,1H3,(H,14,15,17). The third-order valence-electron chi connectivity index (χ3n) is 2.10. The summed E-state index contributed by atoms with van der Waals surface area (Å²) >= 11 is 7.03. The number of carbonyl (C=O) groups excluding carboxylic acids is 2. The van der Waals surface area contributed by atoms with Crippen molar-refractivity contribution in [2.24, 2.45) is 0 Å². The fraction of sp³-hybridized carbons (Fsp3) is 0.0909. The highest BCUT2D eigenvalue weighted by Gasteiger charge is 2.13. The van der Waals surface area contributed by atoms with Gasteiger partial charge in [-0.05, 0) is 6.07 Å². The van der Waals surface area contributed by atoms with Gasteiger partial charge in [-0.25, -0.2) is 4.98 Å². The SMILES string of the molecule is CC(=O)c1csc(NC(=O)c2ccncc2Cl)n1. The van der Waals surface area contributed by atoms with Crippen molar-refractivity contribution in [3.05, 3.63) is 40.1 Å². The van der Waals surface area contributed by atoms with E-state index < -0.39 is 0 Å². The Bertz CT molecular complexity index is 612. The Morgan fingerprint density at radius 2 is 2.22 bits per heavy atom. The number of nitrogens with zero attached hydrogens (tertiary/aromatic N) is 2. The minimum Gasteiger partial charge on any atom is -0.298 e. The van der Waals surface area contributed by atoms with Gasteiger partial charge in [0.1, 0.15) is 5.69 Å². The number of hydrogen-bond donors (Lipinski definition) is 1. The molecule has 2 heterocycles. The largest absolute Gasteiger partial charge is 0.298 e. The number of pyridine rings is 1. The van der Waals surface area contributed by atoms with Crippen molar-refractivity contribution in [1.29, 1.82) is 0 Å². The fourth-order valence-electron chi connectivity index (χ4n) is 1.22. The summed E-state index contributed by atoms with van der Waals surface area (Å²) in [7, 11) is 0. The van der Waals surface area contributed by atoms with Crippen LogP contribution in [0.2, 0.25) is 5.02 Å². The van der Waals surface area contributed by atoms with Crippen LogP contribution < -0.4 is 5.32 Å². The Kier molecular flexibility index (Phi) is 3.69. The van der Waals surface area contributed by atoms with Gasteiger partial charge in [-0.2, -0.15) is 0 Å². The molecule has 0 saturated heterocycles. The van der Waals surface area contributed by atoms with E-state index in [1.54, 1.807) is 5.38 Å². The van der Waals surface area contributed by atoms with Gasteiger partial charge in [0.05, 0.1) is 10.6 Å². The minimum absolute atomic E-state index is 0.145. The van der Waals surface area contributed by atoms with Crippen molar-refractivity contribution in [2.45, 2.75) is 6.92 Å². The molecule has 2 aromatic rings. The molecule has 2 aromatic heterocycles. The van der Waals surface area contributed by atoms with Crippen LogP contribution in [0.5, 0.6) is 0 Å². The van der Waals surface area contributed by atoms with E-state index in [1.165, 1.54) is 36.7 Å². The Morgan fingerprint density at radius 3 is 2.83 bits per heavy atom. The molecule has 0 spiro atoms. The smallest absolute Gasteiger partial charge is 0.259 e. The number of carbonyl (C=O) groups is 2. The average Bonchev–Trinajstić information content (AvgIpc) is 2.78.